The van der Waals surface area contributed by atoms with Gasteiger partial charge in [0.25, 0.3) is 5.69 Å². The molecular formula is C18H16NO6-. The SMILES string of the molecule is COc1ccc(C)cc1C(=O)/C=C/c1cc(OC)c([O-])c([N+](=O)[O-])c1. The molecule has 0 atom stereocenters. The first kappa shape index (κ1) is 18.0. The van der Waals surface area contributed by atoms with Crippen molar-refractivity contribution in [2.24, 2.45) is 0 Å². The van der Waals surface area contributed by atoms with Gasteiger partial charge in [0.1, 0.15) is 11.5 Å². The number of methoxy groups -OCH3 is 2. The molecule has 7 heteroatoms. The molecule has 0 bridgehead atoms. The Hall–Kier alpha value is -3.35. The van der Waals surface area contributed by atoms with Crippen LogP contribution in [0.15, 0.2) is 36.4 Å². The first-order valence-electron chi connectivity index (χ1n) is 7.28. The summed E-state index contributed by atoms with van der Waals surface area (Å²) in [5, 5.41) is 22.8. The molecule has 0 fully saturated rings. The molecule has 0 N–H and O–H groups in total. The fraction of sp³-hybridized carbons (Fsp3) is 0.167. The zero-order chi connectivity index (χ0) is 18.6. The van der Waals surface area contributed by atoms with Crippen molar-refractivity contribution in [3.05, 3.63) is 63.2 Å². The Morgan fingerprint density at radius 2 is 1.80 bits per heavy atom. The van der Waals surface area contributed by atoms with Crippen LogP contribution in [0.25, 0.3) is 6.08 Å². The highest BCUT2D eigenvalue weighted by Gasteiger charge is 2.13. The Morgan fingerprint density at radius 3 is 2.40 bits per heavy atom. The molecule has 2 rings (SSSR count). The number of nitro benzene ring substituents is 1. The van der Waals surface area contributed by atoms with Gasteiger partial charge in [-0.1, -0.05) is 17.7 Å². The summed E-state index contributed by atoms with van der Waals surface area (Å²) in [4.78, 5) is 22.6. The van der Waals surface area contributed by atoms with E-state index in [9.17, 15) is 20.0 Å². The number of hydrogen-bond donors (Lipinski definition) is 0. The molecule has 0 aromatic heterocycles. The number of allylic oxidation sites excluding steroid dienone is 1. The maximum absolute atomic E-state index is 12.4. The van der Waals surface area contributed by atoms with Gasteiger partial charge in [0.15, 0.2) is 5.78 Å². The summed E-state index contributed by atoms with van der Waals surface area (Å²) in [5.41, 5.74) is 0.967. The van der Waals surface area contributed by atoms with Gasteiger partial charge in [-0.05, 0) is 36.8 Å². The summed E-state index contributed by atoms with van der Waals surface area (Å²) in [6.07, 6.45) is 2.65. The van der Waals surface area contributed by atoms with Gasteiger partial charge in [-0.25, -0.2) is 0 Å². The fourth-order valence-corrected chi connectivity index (χ4v) is 2.27. The molecule has 2 aromatic carbocycles. The van der Waals surface area contributed by atoms with Crippen LogP contribution in [-0.4, -0.2) is 24.9 Å². The molecule has 130 valence electrons. The lowest BCUT2D eigenvalue weighted by Gasteiger charge is -2.13. The zero-order valence-corrected chi connectivity index (χ0v) is 13.9. The van der Waals surface area contributed by atoms with E-state index in [0.29, 0.717) is 16.9 Å². The molecule has 0 aliphatic rings. The van der Waals surface area contributed by atoms with Crippen LogP contribution in [0.3, 0.4) is 0 Å². The molecule has 0 heterocycles. The highest BCUT2D eigenvalue weighted by Crippen LogP contribution is 2.35. The van der Waals surface area contributed by atoms with E-state index in [4.69, 9.17) is 9.47 Å². The average Bonchev–Trinajstić information content (AvgIpc) is 2.60. The number of rotatable bonds is 6. The van der Waals surface area contributed by atoms with Crippen molar-refractivity contribution in [2.75, 3.05) is 14.2 Å². The molecule has 0 saturated carbocycles. The van der Waals surface area contributed by atoms with E-state index in [-0.39, 0.29) is 11.5 Å². The number of aryl methyl sites for hydroxylation is 1. The number of nitrogens with zero attached hydrogens (tertiary/aromatic N) is 1. The minimum atomic E-state index is -0.809. The minimum Gasteiger partial charge on any atom is -0.865 e. The molecule has 0 spiro atoms. The van der Waals surface area contributed by atoms with Crippen molar-refractivity contribution in [3.63, 3.8) is 0 Å². The number of carbonyl (C=O) groups excluding carboxylic acids is 1. The molecule has 0 saturated heterocycles. The summed E-state index contributed by atoms with van der Waals surface area (Å²) in [6.45, 7) is 1.85. The third kappa shape index (κ3) is 3.95. The summed E-state index contributed by atoms with van der Waals surface area (Å²) in [5.74, 6) is -0.863. The summed E-state index contributed by atoms with van der Waals surface area (Å²) < 4.78 is 10.0. The summed E-state index contributed by atoms with van der Waals surface area (Å²) in [6, 6.07) is 7.64. The van der Waals surface area contributed by atoms with E-state index < -0.39 is 16.4 Å². The number of ether oxygens (including phenoxy) is 2. The van der Waals surface area contributed by atoms with Crippen LogP contribution < -0.4 is 14.6 Å². The van der Waals surface area contributed by atoms with Gasteiger partial charge in [-0.3, -0.25) is 14.9 Å². The van der Waals surface area contributed by atoms with E-state index in [2.05, 4.69) is 0 Å². The first-order chi connectivity index (χ1) is 11.9. The fourth-order valence-electron chi connectivity index (χ4n) is 2.27. The van der Waals surface area contributed by atoms with Crippen LogP contribution in [-0.2, 0) is 0 Å². The van der Waals surface area contributed by atoms with Gasteiger partial charge in [0.05, 0.1) is 24.7 Å². The second-order valence-electron chi connectivity index (χ2n) is 5.23. The average molecular weight is 342 g/mol. The van der Waals surface area contributed by atoms with Crippen molar-refractivity contribution in [1.82, 2.24) is 0 Å². The summed E-state index contributed by atoms with van der Waals surface area (Å²) >= 11 is 0. The Labute approximate surface area is 144 Å². The Bertz CT molecular complexity index is 857. The van der Waals surface area contributed by atoms with Crippen LogP contribution in [0, 0.1) is 17.0 Å². The molecule has 25 heavy (non-hydrogen) atoms. The van der Waals surface area contributed by atoms with Gasteiger partial charge >= 0.3 is 0 Å². The van der Waals surface area contributed by atoms with Crippen LogP contribution in [0.5, 0.6) is 17.2 Å². The predicted molar refractivity (Wildman–Crippen MR) is 90.2 cm³/mol. The lowest BCUT2D eigenvalue weighted by Crippen LogP contribution is -2.02. The molecule has 7 nitrogen and oxygen atoms in total. The lowest BCUT2D eigenvalue weighted by molar-refractivity contribution is -0.398. The minimum absolute atomic E-state index is 0.158. The topological polar surface area (TPSA) is 102 Å². The monoisotopic (exact) mass is 342 g/mol. The summed E-state index contributed by atoms with van der Waals surface area (Å²) in [7, 11) is 2.71. The molecule has 0 aliphatic carbocycles. The number of ketones is 1. The number of benzene rings is 2. The van der Waals surface area contributed by atoms with Crippen molar-refractivity contribution in [3.8, 4) is 17.2 Å². The zero-order valence-electron chi connectivity index (χ0n) is 13.9. The van der Waals surface area contributed by atoms with Gasteiger partial charge in [-0.15, -0.1) is 0 Å². The highest BCUT2D eigenvalue weighted by atomic mass is 16.6. The molecule has 0 aliphatic heterocycles. The third-order valence-electron chi connectivity index (χ3n) is 3.52. The van der Waals surface area contributed by atoms with E-state index in [1.165, 1.54) is 32.4 Å². The standard InChI is InChI=1S/C18H17NO6/c1-11-4-7-16(24-2)13(8-11)15(20)6-5-12-9-14(19(22)23)18(21)17(10-12)25-3/h4-10,21H,1-3H3/p-1/b6-5+. The molecule has 0 amide bonds. The Kier molecular flexibility index (Phi) is 5.38. The van der Waals surface area contributed by atoms with E-state index >= 15 is 0 Å². The maximum atomic E-state index is 12.4. The second-order valence-corrected chi connectivity index (χ2v) is 5.23. The smallest absolute Gasteiger partial charge is 0.266 e. The van der Waals surface area contributed by atoms with Crippen molar-refractivity contribution in [2.45, 2.75) is 6.92 Å². The van der Waals surface area contributed by atoms with Crippen molar-refractivity contribution < 1.29 is 24.3 Å². The first-order valence-corrected chi connectivity index (χ1v) is 7.28. The van der Waals surface area contributed by atoms with Gasteiger partial charge in [0, 0.05) is 11.8 Å². The molecule has 0 radical (unpaired) electrons. The Morgan fingerprint density at radius 1 is 1.12 bits per heavy atom. The molecular weight excluding hydrogens is 326 g/mol. The Balaban J connectivity index is 2.39. The maximum Gasteiger partial charge on any atom is 0.266 e. The lowest BCUT2D eigenvalue weighted by atomic mass is 10.0. The van der Waals surface area contributed by atoms with Gasteiger partial charge in [0.2, 0.25) is 0 Å². The van der Waals surface area contributed by atoms with Crippen LogP contribution in [0.2, 0.25) is 0 Å². The van der Waals surface area contributed by atoms with Crippen LogP contribution in [0.1, 0.15) is 21.5 Å². The van der Waals surface area contributed by atoms with E-state index in [0.717, 1.165) is 11.6 Å². The van der Waals surface area contributed by atoms with E-state index in [1.54, 1.807) is 12.1 Å². The van der Waals surface area contributed by atoms with Crippen LogP contribution in [0.4, 0.5) is 5.69 Å². The number of hydrogen-bond acceptors (Lipinski definition) is 6. The van der Waals surface area contributed by atoms with Crippen LogP contribution >= 0.6 is 0 Å². The number of nitro groups is 1. The third-order valence-corrected chi connectivity index (χ3v) is 3.52. The quantitative estimate of drug-likeness (QED) is 0.346. The molecule has 0 unspecified atom stereocenters. The largest absolute Gasteiger partial charge is 0.865 e. The van der Waals surface area contributed by atoms with Crippen molar-refractivity contribution in [1.29, 1.82) is 0 Å². The van der Waals surface area contributed by atoms with Gasteiger partial charge < -0.3 is 14.6 Å². The predicted octanol–water partition coefficient (Wildman–Crippen LogP) is 2.89. The van der Waals surface area contributed by atoms with Gasteiger partial charge in [-0.2, -0.15) is 0 Å². The molecule has 2 aromatic rings. The van der Waals surface area contributed by atoms with Crippen molar-refractivity contribution >= 4 is 17.5 Å². The second kappa shape index (κ2) is 7.48. The number of carbonyl (C=O) groups is 1. The normalized spacial score (nSPS) is 10.7. The highest BCUT2D eigenvalue weighted by molar-refractivity contribution is 6.08. The van der Waals surface area contributed by atoms with E-state index in [1.807, 2.05) is 13.0 Å².